The van der Waals surface area contributed by atoms with Gasteiger partial charge in [-0.05, 0) is 12.0 Å². The largest absolute Gasteiger partial charge is 0.388 e. The topological polar surface area (TPSA) is 79.2 Å². The van der Waals surface area contributed by atoms with Gasteiger partial charge in [0, 0.05) is 0 Å². The van der Waals surface area contributed by atoms with E-state index < -0.39 is 30.7 Å². The highest BCUT2D eigenvalue weighted by Gasteiger charge is 2.43. The van der Waals surface area contributed by atoms with Crippen LogP contribution in [0.3, 0.4) is 0 Å². The Morgan fingerprint density at radius 2 is 1.74 bits per heavy atom. The molecule has 0 amide bonds. The molecular formula is C14H20O5. The number of ether oxygens (including phenoxy) is 2. The molecule has 1 aliphatic rings. The molecule has 1 saturated heterocycles. The van der Waals surface area contributed by atoms with Gasteiger partial charge in [-0.3, -0.25) is 0 Å². The van der Waals surface area contributed by atoms with E-state index in [1.807, 2.05) is 37.3 Å². The Hall–Kier alpha value is -0.980. The second-order valence-electron chi connectivity index (χ2n) is 4.72. The molecule has 2 rings (SSSR count). The molecule has 5 atom stereocenters. The molecule has 0 aromatic heterocycles. The predicted molar refractivity (Wildman–Crippen MR) is 68.2 cm³/mol. The minimum atomic E-state index is -1.25. The Bertz CT molecular complexity index is 381. The van der Waals surface area contributed by atoms with Crippen molar-refractivity contribution in [3.63, 3.8) is 0 Å². The molecule has 0 spiro atoms. The molecule has 5 heteroatoms. The molecule has 19 heavy (non-hydrogen) atoms. The van der Waals surface area contributed by atoms with E-state index in [0.29, 0.717) is 6.42 Å². The lowest BCUT2D eigenvalue weighted by Gasteiger charge is -2.40. The lowest BCUT2D eigenvalue weighted by molar-refractivity contribution is -0.300. The molecule has 1 aromatic rings. The maximum Gasteiger partial charge on any atom is 0.186 e. The number of aliphatic hydroxyl groups is 3. The summed E-state index contributed by atoms with van der Waals surface area (Å²) >= 11 is 0. The fraction of sp³-hybridized carbons (Fsp3) is 0.571. The first-order valence-corrected chi connectivity index (χ1v) is 6.48. The molecule has 0 bridgehead atoms. The molecule has 106 valence electrons. The van der Waals surface area contributed by atoms with Crippen molar-refractivity contribution >= 4 is 0 Å². The molecule has 5 nitrogen and oxygen atoms in total. The van der Waals surface area contributed by atoms with Gasteiger partial charge >= 0.3 is 0 Å². The van der Waals surface area contributed by atoms with Crippen molar-refractivity contribution in [2.75, 3.05) is 0 Å². The molecule has 1 aromatic carbocycles. The lowest BCUT2D eigenvalue weighted by atomic mass is 9.97. The fourth-order valence-corrected chi connectivity index (χ4v) is 2.14. The standard InChI is InChI=1S/C14H20O5/c1-2-10-11(15)12(16)13(17)14(19-10)18-8-9-6-4-3-5-7-9/h3-7,10-17H,2,8H2,1H3/t10?,11-,12?,13+,14-/m1/s1. The Labute approximate surface area is 112 Å². The number of benzene rings is 1. The van der Waals surface area contributed by atoms with Gasteiger partial charge in [-0.2, -0.15) is 0 Å². The number of aliphatic hydroxyl groups excluding tert-OH is 3. The van der Waals surface area contributed by atoms with Crippen LogP contribution in [0.15, 0.2) is 30.3 Å². The molecular weight excluding hydrogens is 248 g/mol. The third kappa shape index (κ3) is 3.32. The van der Waals surface area contributed by atoms with Gasteiger partial charge in [0.25, 0.3) is 0 Å². The first-order valence-electron chi connectivity index (χ1n) is 6.48. The van der Waals surface area contributed by atoms with Crippen LogP contribution in [0.25, 0.3) is 0 Å². The summed E-state index contributed by atoms with van der Waals surface area (Å²) in [7, 11) is 0. The van der Waals surface area contributed by atoms with Crippen LogP contribution in [-0.4, -0.2) is 46.0 Å². The summed E-state index contributed by atoms with van der Waals surface area (Å²) < 4.78 is 11.0. The average Bonchev–Trinajstić information content (AvgIpc) is 2.45. The van der Waals surface area contributed by atoms with Crippen molar-refractivity contribution in [1.29, 1.82) is 0 Å². The van der Waals surface area contributed by atoms with Gasteiger partial charge in [-0.25, -0.2) is 0 Å². The van der Waals surface area contributed by atoms with E-state index in [2.05, 4.69) is 0 Å². The molecule has 3 N–H and O–H groups in total. The monoisotopic (exact) mass is 268 g/mol. The van der Waals surface area contributed by atoms with Gasteiger partial charge in [0.05, 0.1) is 12.7 Å². The summed E-state index contributed by atoms with van der Waals surface area (Å²) in [6.07, 6.45) is -4.50. The third-order valence-corrected chi connectivity index (χ3v) is 3.33. The van der Waals surface area contributed by atoms with Gasteiger partial charge < -0.3 is 24.8 Å². The summed E-state index contributed by atoms with van der Waals surface area (Å²) in [4.78, 5) is 0. The predicted octanol–water partition coefficient (Wildman–Crippen LogP) is 0.421. The highest BCUT2D eigenvalue weighted by atomic mass is 16.7. The van der Waals surface area contributed by atoms with Crippen molar-refractivity contribution in [2.45, 2.75) is 50.7 Å². The summed E-state index contributed by atoms with van der Waals surface area (Å²) in [5.74, 6) is 0. The Morgan fingerprint density at radius 1 is 1.05 bits per heavy atom. The minimum absolute atomic E-state index is 0.280. The third-order valence-electron chi connectivity index (χ3n) is 3.33. The Morgan fingerprint density at radius 3 is 2.37 bits per heavy atom. The molecule has 0 saturated carbocycles. The van der Waals surface area contributed by atoms with Crippen molar-refractivity contribution in [2.24, 2.45) is 0 Å². The Kier molecular flexibility index (Phi) is 4.90. The van der Waals surface area contributed by atoms with Crippen LogP contribution in [0.4, 0.5) is 0 Å². The molecule has 0 aliphatic carbocycles. The summed E-state index contributed by atoms with van der Waals surface area (Å²) in [5.41, 5.74) is 0.951. The van der Waals surface area contributed by atoms with E-state index in [1.165, 1.54) is 0 Å². The first-order chi connectivity index (χ1) is 9.13. The second kappa shape index (κ2) is 6.45. The fourth-order valence-electron chi connectivity index (χ4n) is 2.14. The van der Waals surface area contributed by atoms with Gasteiger partial charge in [0.2, 0.25) is 0 Å². The smallest absolute Gasteiger partial charge is 0.186 e. The van der Waals surface area contributed by atoms with Crippen molar-refractivity contribution in [3.05, 3.63) is 35.9 Å². The van der Waals surface area contributed by atoms with E-state index in [-0.39, 0.29) is 6.61 Å². The number of rotatable bonds is 4. The van der Waals surface area contributed by atoms with Gasteiger partial charge in [-0.15, -0.1) is 0 Å². The van der Waals surface area contributed by atoms with Crippen LogP contribution in [0.5, 0.6) is 0 Å². The minimum Gasteiger partial charge on any atom is -0.388 e. The van der Waals surface area contributed by atoms with Crippen LogP contribution in [0.1, 0.15) is 18.9 Å². The highest BCUT2D eigenvalue weighted by Crippen LogP contribution is 2.24. The number of hydrogen-bond donors (Lipinski definition) is 3. The van der Waals surface area contributed by atoms with Crippen molar-refractivity contribution in [1.82, 2.24) is 0 Å². The normalized spacial score (nSPS) is 35.3. The molecule has 0 radical (unpaired) electrons. The summed E-state index contributed by atoms with van der Waals surface area (Å²) in [5, 5.41) is 29.3. The van der Waals surface area contributed by atoms with Crippen molar-refractivity contribution in [3.8, 4) is 0 Å². The number of hydrogen-bond acceptors (Lipinski definition) is 5. The first kappa shape index (κ1) is 14.4. The zero-order chi connectivity index (χ0) is 13.8. The van der Waals surface area contributed by atoms with Crippen LogP contribution < -0.4 is 0 Å². The van der Waals surface area contributed by atoms with E-state index in [0.717, 1.165) is 5.56 Å². The molecule has 2 unspecified atom stereocenters. The lowest BCUT2D eigenvalue weighted by Crippen LogP contribution is -2.57. The van der Waals surface area contributed by atoms with Gasteiger partial charge in [-0.1, -0.05) is 37.3 Å². The van der Waals surface area contributed by atoms with E-state index in [9.17, 15) is 15.3 Å². The highest BCUT2D eigenvalue weighted by molar-refractivity contribution is 5.13. The van der Waals surface area contributed by atoms with Crippen LogP contribution >= 0.6 is 0 Å². The molecule has 1 fully saturated rings. The summed E-state index contributed by atoms with van der Waals surface area (Å²) in [6.45, 7) is 2.12. The van der Waals surface area contributed by atoms with Crippen LogP contribution in [0, 0.1) is 0 Å². The van der Waals surface area contributed by atoms with Crippen molar-refractivity contribution < 1.29 is 24.8 Å². The molecule has 1 aliphatic heterocycles. The van der Waals surface area contributed by atoms with Gasteiger partial charge in [0.15, 0.2) is 6.29 Å². The SMILES string of the molecule is CCC1O[C@@H](OCc2ccccc2)[C@@H](O)C(O)[C@@H]1O. The van der Waals surface area contributed by atoms with Crippen LogP contribution in [-0.2, 0) is 16.1 Å². The summed E-state index contributed by atoms with van der Waals surface area (Å²) in [6, 6.07) is 9.49. The van der Waals surface area contributed by atoms with E-state index >= 15 is 0 Å². The van der Waals surface area contributed by atoms with Crippen LogP contribution in [0.2, 0.25) is 0 Å². The van der Waals surface area contributed by atoms with E-state index in [4.69, 9.17) is 9.47 Å². The maximum absolute atomic E-state index is 9.84. The zero-order valence-corrected chi connectivity index (χ0v) is 10.8. The maximum atomic E-state index is 9.84. The van der Waals surface area contributed by atoms with E-state index in [1.54, 1.807) is 0 Å². The van der Waals surface area contributed by atoms with Gasteiger partial charge in [0.1, 0.15) is 18.3 Å². The average molecular weight is 268 g/mol. The Balaban J connectivity index is 1.95. The second-order valence-corrected chi connectivity index (χ2v) is 4.72. The molecule has 1 heterocycles. The quantitative estimate of drug-likeness (QED) is 0.737. The zero-order valence-electron chi connectivity index (χ0n) is 10.8.